The second-order valence-corrected chi connectivity index (χ2v) is 2.82. The van der Waals surface area contributed by atoms with Gasteiger partial charge in [0.25, 0.3) is 0 Å². The van der Waals surface area contributed by atoms with Crippen molar-refractivity contribution in [2.75, 3.05) is 0 Å². The van der Waals surface area contributed by atoms with Gasteiger partial charge < -0.3 is 17.5 Å². The van der Waals surface area contributed by atoms with Gasteiger partial charge in [-0.15, -0.1) is 0 Å². The van der Waals surface area contributed by atoms with E-state index < -0.39 is 29.6 Å². The SMILES string of the molecule is O=c1c([N+](=O)[O-])cccn1C[B-](F)(F)F.[K+]. The predicted octanol–water partition coefficient (Wildman–Crippen LogP) is -1.85. The van der Waals surface area contributed by atoms with Gasteiger partial charge in [-0.2, -0.15) is 0 Å². The predicted molar refractivity (Wildman–Crippen MR) is 46.4 cm³/mol. The van der Waals surface area contributed by atoms with Crippen LogP contribution in [0.4, 0.5) is 18.6 Å². The molecule has 5 nitrogen and oxygen atoms in total. The summed E-state index contributed by atoms with van der Waals surface area (Å²) >= 11 is 0. The summed E-state index contributed by atoms with van der Waals surface area (Å²) in [5, 5.41) is 10.3. The molecule has 1 heterocycles. The first-order valence-electron chi connectivity index (χ1n) is 3.86. The minimum atomic E-state index is -5.20. The van der Waals surface area contributed by atoms with E-state index in [2.05, 4.69) is 0 Å². The second-order valence-electron chi connectivity index (χ2n) is 2.82. The Balaban J connectivity index is 0.00000225. The molecule has 0 bridgehead atoms. The zero-order valence-corrected chi connectivity index (χ0v) is 11.4. The quantitative estimate of drug-likeness (QED) is 0.364. The van der Waals surface area contributed by atoms with Crippen LogP contribution in [0.1, 0.15) is 0 Å². The molecule has 16 heavy (non-hydrogen) atoms. The third-order valence-electron chi connectivity index (χ3n) is 1.60. The summed E-state index contributed by atoms with van der Waals surface area (Å²) in [5.74, 6) is 0. The molecule has 1 aromatic rings. The molecule has 0 amide bonds. The molecule has 0 aliphatic heterocycles. The van der Waals surface area contributed by atoms with Crippen LogP contribution in [0.2, 0.25) is 0 Å². The van der Waals surface area contributed by atoms with Gasteiger partial charge >= 0.3 is 69.6 Å². The average Bonchev–Trinajstić information content (AvgIpc) is 2.05. The third kappa shape index (κ3) is 4.37. The van der Waals surface area contributed by atoms with Gasteiger partial charge in [-0.05, 0) is 12.5 Å². The van der Waals surface area contributed by atoms with Crippen molar-refractivity contribution >= 4 is 12.7 Å². The fourth-order valence-corrected chi connectivity index (χ4v) is 1.03. The van der Waals surface area contributed by atoms with Crippen LogP contribution in [0.3, 0.4) is 0 Å². The smallest absolute Gasteiger partial charge is 0.448 e. The molecule has 1 rings (SSSR count). The van der Waals surface area contributed by atoms with Crippen molar-refractivity contribution in [3.63, 3.8) is 0 Å². The Morgan fingerprint density at radius 1 is 1.44 bits per heavy atom. The minimum absolute atomic E-state index is 0. The van der Waals surface area contributed by atoms with Crippen molar-refractivity contribution < 1.29 is 69.3 Å². The molecule has 82 valence electrons. The molecule has 0 unspecified atom stereocenters. The Kier molecular flexibility index (Phi) is 5.90. The first kappa shape index (κ1) is 15.8. The van der Waals surface area contributed by atoms with Crippen LogP contribution in [-0.2, 0) is 6.44 Å². The molecule has 1 aromatic heterocycles. The number of pyridine rings is 1. The van der Waals surface area contributed by atoms with Gasteiger partial charge in [0.1, 0.15) is 0 Å². The van der Waals surface area contributed by atoms with Gasteiger partial charge in [0, 0.05) is 12.3 Å². The van der Waals surface area contributed by atoms with Crippen molar-refractivity contribution in [2.45, 2.75) is 6.44 Å². The van der Waals surface area contributed by atoms with Crippen LogP contribution in [-0.4, -0.2) is 16.5 Å². The zero-order valence-electron chi connectivity index (χ0n) is 8.27. The maximum atomic E-state index is 12.0. The molecule has 0 saturated heterocycles. The van der Waals surface area contributed by atoms with Crippen LogP contribution in [0.25, 0.3) is 0 Å². The zero-order chi connectivity index (χ0) is 11.6. The van der Waals surface area contributed by atoms with Crippen molar-refractivity contribution in [2.24, 2.45) is 0 Å². The molecule has 0 N–H and O–H groups in total. The molecule has 0 radical (unpaired) electrons. The number of aromatic nitrogens is 1. The normalized spacial score (nSPS) is 10.7. The van der Waals surface area contributed by atoms with Crippen LogP contribution >= 0.6 is 0 Å². The Bertz CT molecular complexity index is 447. The molecular formula is C6H5BF3KN2O3. The Morgan fingerprint density at radius 2 is 2.00 bits per heavy atom. The number of nitro groups is 1. The molecule has 0 aromatic carbocycles. The van der Waals surface area contributed by atoms with E-state index in [1.165, 1.54) is 0 Å². The maximum absolute atomic E-state index is 12.0. The minimum Gasteiger partial charge on any atom is -0.448 e. The summed E-state index contributed by atoms with van der Waals surface area (Å²) in [6, 6.07) is 1.89. The summed E-state index contributed by atoms with van der Waals surface area (Å²) in [6.45, 7) is -5.20. The Labute approximate surface area is 130 Å². The van der Waals surface area contributed by atoms with Gasteiger partial charge in [0.2, 0.25) is 0 Å². The van der Waals surface area contributed by atoms with E-state index >= 15 is 0 Å². The van der Waals surface area contributed by atoms with E-state index in [1.807, 2.05) is 0 Å². The van der Waals surface area contributed by atoms with Crippen LogP contribution in [0.5, 0.6) is 0 Å². The van der Waals surface area contributed by atoms with Crippen molar-refractivity contribution in [3.8, 4) is 0 Å². The van der Waals surface area contributed by atoms with Crippen LogP contribution < -0.4 is 56.9 Å². The summed E-state index contributed by atoms with van der Waals surface area (Å²) in [6.07, 6.45) is -0.606. The third-order valence-corrected chi connectivity index (χ3v) is 1.60. The number of hydrogen-bond donors (Lipinski definition) is 0. The van der Waals surface area contributed by atoms with E-state index in [1.54, 1.807) is 0 Å². The second kappa shape index (κ2) is 5.96. The fourth-order valence-electron chi connectivity index (χ4n) is 1.03. The Hall–Kier alpha value is -0.159. The molecule has 0 atom stereocenters. The van der Waals surface area contributed by atoms with E-state index in [0.717, 1.165) is 18.3 Å². The van der Waals surface area contributed by atoms with Gasteiger partial charge in [0.05, 0.1) is 4.92 Å². The first-order valence-corrected chi connectivity index (χ1v) is 3.86. The topological polar surface area (TPSA) is 65.1 Å². The summed E-state index contributed by atoms with van der Waals surface area (Å²) in [4.78, 5) is 20.4. The van der Waals surface area contributed by atoms with Crippen molar-refractivity contribution in [3.05, 3.63) is 38.8 Å². The molecular weight excluding hydrogens is 255 g/mol. The van der Waals surface area contributed by atoms with Gasteiger partial charge in [0.15, 0.2) is 0 Å². The van der Waals surface area contributed by atoms with E-state index in [4.69, 9.17) is 0 Å². The van der Waals surface area contributed by atoms with E-state index in [0.29, 0.717) is 0 Å². The number of hydrogen-bond acceptors (Lipinski definition) is 3. The summed E-state index contributed by atoms with van der Waals surface area (Å²) in [7, 11) is 0. The largest absolute Gasteiger partial charge is 1.00 e. The van der Waals surface area contributed by atoms with Gasteiger partial charge in [-0.1, -0.05) is 0 Å². The number of nitrogens with zero attached hydrogens (tertiary/aromatic N) is 2. The van der Waals surface area contributed by atoms with Gasteiger partial charge in [-0.3, -0.25) is 14.9 Å². The van der Waals surface area contributed by atoms with Gasteiger partial charge in [-0.25, -0.2) is 0 Å². The molecule has 0 aliphatic rings. The summed E-state index contributed by atoms with van der Waals surface area (Å²) < 4.78 is 36.2. The molecule has 0 fully saturated rings. The van der Waals surface area contributed by atoms with Crippen LogP contribution in [0, 0.1) is 10.1 Å². The molecule has 0 spiro atoms. The Morgan fingerprint density at radius 3 is 2.44 bits per heavy atom. The summed E-state index contributed by atoms with van der Waals surface area (Å²) in [5.41, 5.74) is -2.11. The van der Waals surface area contributed by atoms with E-state index in [9.17, 15) is 27.9 Å². The first-order chi connectivity index (χ1) is 6.81. The van der Waals surface area contributed by atoms with Crippen molar-refractivity contribution in [1.29, 1.82) is 0 Å². The fraction of sp³-hybridized carbons (Fsp3) is 0.167. The van der Waals surface area contributed by atoms with Crippen molar-refractivity contribution in [1.82, 2.24) is 4.57 Å². The number of halogens is 3. The standard InChI is InChI=1S/C6H5BF3N2O3.K/c8-7(9,10)4-11-3-1-2-5(6(11)13)12(14)15;/h1-3H,4H2;/q-1;+1. The van der Waals surface area contributed by atoms with Crippen LogP contribution in [0.15, 0.2) is 23.1 Å². The number of rotatable bonds is 3. The molecule has 0 saturated carbocycles. The molecule has 0 aliphatic carbocycles. The van der Waals surface area contributed by atoms with E-state index in [-0.39, 0.29) is 56.0 Å². The molecule has 10 heteroatoms. The monoisotopic (exact) mass is 260 g/mol. The average molecular weight is 260 g/mol. The maximum Gasteiger partial charge on any atom is 1.00 e.